The minimum atomic E-state index is 0.318. The Kier molecular flexibility index (Phi) is 3.63. The van der Waals surface area contributed by atoms with Crippen molar-refractivity contribution in [3.8, 4) is 0 Å². The first-order valence-corrected chi connectivity index (χ1v) is 6.93. The van der Waals surface area contributed by atoms with E-state index in [1.807, 2.05) is 41.1 Å². The summed E-state index contributed by atoms with van der Waals surface area (Å²) in [6, 6.07) is 18.6. The van der Waals surface area contributed by atoms with Crippen molar-refractivity contribution in [2.45, 2.75) is 19.4 Å². The summed E-state index contributed by atoms with van der Waals surface area (Å²) >= 11 is 0. The highest BCUT2D eigenvalue weighted by molar-refractivity contribution is 5.73. The normalized spacial score (nSPS) is 12.4. The molecule has 102 valence electrons. The predicted molar refractivity (Wildman–Crippen MR) is 81.8 cm³/mol. The second kappa shape index (κ2) is 5.74. The Labute approximate surface area is 118 Å². The maximum Gasteiger partial charge on any atom is 0.113 e. The lowest BCUT2D eigenvalue weighted by Crippen LogP contribution is -2.12. The highest BCUT2D eigenvalue weighted by Crippen LogP contribution is 2.17. The van der Waals surface area contributed by atoms with E-state index < -0.39 is 0 Å². The van der Waals surface area contributed by atoms with Crippen LogP contribution in [0.15, 0.2) is 54.6 Å². The van der Waals surface area contributed by atoms with Crippen molar-refractivity contribution in [2.75, 3.05) is 11.9 Å². The van der Waals surface area contributed by atoms with E-state index in [1.165, 1.54) is 0 Å². The Morgan fingerprint density at radius 3 is 2.65 bits per heavy atom. The van der Waals surface area contributed by atoms with Gasteiger partial charge in [-0.15, -0.1) is 5.10 Å². The fourth-order valence-corrected chi connectivity index (χ4v) is 2.32. The van der Waals surface area contributed by atoms with E-state index in [0.29, 0.717) is 6.04 Å². The lowest BCUT2D eigenvalue weighted by atomic mass is 10.2. The van der Waals surface area contributed by atoms with E-state index in [0.717, 1.165) is 29.7 Å². The Bertz CT molecular complexity index is 675. The van der Waals surface area contributed by atoms with Crippen molar-refractivity contribution in [2.24, 2.45) is 0 Å². The van der Waals surface area contributed by atoms with Crippen LogP contribution in [0.25, 0.3) is 11.0 Å². The van der Waals surface area contributed by atoms with Gasteiger partial charge in [0.15, 0.2) is 0 Å². The molecule has 0 aliphatic rings. The third-order valence-electron chi connectivity index (χ3n) is 3.46. The molecule has 1 unspecified atom stereocenters. The third-order valence-corrected chi connectivity index (χ3v) is 3.46. The average Bonchev–Trinajstić information content (AvgIpc) is 2.92. The molecule has 1 atom stereocenters. The maximum atomic E-state index is 4.26. The molecule has 2 aromatic carbocycles. The van der Waals surface area contributed by atoms with E-state index in [-0.39, 0.29) is 0 Å². The van der Waals surface area contributed by atoms with Crippen LogP contribution in [-0.2, 0) is 0 Å². The molecule has 0 fully saturated rings. The quantitative estimate of drug-likeness (QED) is 0.768. The van der Waals surface area contributed by atoms with Crippen LogP contribution in [-0.4, -0.2) is 21.5 Å². The van der Waals surface area contributed by atoms with Gasteiger partial charge in [-0.1, -0.05) is 35.5 Å². The van der Waals surface area contributed by atoms with Crippen molar-refractivity contribution >= 4 is 16.7 Å². The molecule has 1 heterocycles. The first kappa shape index (κ1) is 12.7. The lowest BCUT2D eigenvalue weighted by Gasteiger charge is -2.13. The lowest BCUT2D eigenvalue weighted by molar-refractivity contribution is 0.470. The fraction of sp³-hybridized carbons (Fsp3) is 0.250. The molecule has 4 nitrogen and oxygen atoms in total. The second-order valence-corrected chi connectivity index (χ2v) is 4.95. The minimum Gasteiger partial charge on any atom is -0.385 e. The summed E-state index contributed by atoms with van der Waals surface area (Å²) in [6.45, 7) is 3.09. The van der Waals surface area contributed by atoms with Crippen LogP contribution < -0.4 is 5.32 Å². The first-order valence-electron chi connectivity index (χ1n) is 6.93. The van der Waals surface area contributed by atoms with E-state index >= 15 is 0 Å². The van der Waals surface area contributed by atoms with Gasteiger partial charge in [-0.3, -0.25) is 0 Å². The number of nitrogens with zero attached hydrogens (tertiary/aromatic N) is 3. The molecule has 0 radical (unpaired) electrons. The average molecular weight is 266 g/mol. The number of aromatic nitrogens is 3. The fourth-order valence-electron chi connectivity index (χ4n) is 2.32. The SMILES string of the molecule is CC(CCNc1ccccc1)n1nnc2ccccc21. The molecule has 1 aromatic heterocycles. The molecule has 3 rings (SSSR count). The van der Waals surface area contributed by atoms with E-state index in [9.17, 15) is 0 Å². The highest BCUT2D eigenvalue weighted by atomic mass is 15.4. The number of hydrogen-bond donors (Lipinski definition) is 1. The molecule has 0 spiro atoms. The Hall–Kier alpha value is -2.36. The van der Waals surface area contributed by atoms with Crippen LogP contribution in [0.3, 0.4) is 0 Å². The Morgan fingerprint density at radius 2 is 1.80 bits per heavy atom. The molecule has 0 aliphatic heterocycles. The van der Waals surface area contributed by atoms with Crippen LogP contribution in [0.2, 0.25) is 0 Å². The molecule has 0 saturated carbocycles. The van der Waals surface area contributed by atoms with Crippen molar-refractivity contribution in [3.05, 3.63) is 54.6 Å². The largest absolute Gasteiger partial charge is 0.385 e. The van der Waals surface area contributed by atoms with Gasteiger partial charge in [0.05, 0.1) is 11.6 Å². The van der Waals surface area contributed by atoms with Crippen molar-refractivity contribution in [3.63, 3.8) is 0 Å². The van der Waals surface area contributed by atoms with Gasteiger partial charge >= 0.3 is 0 Å². The molecule has 0 amide bonds. The van der Waals surface area contributed by atoms with Gasteiger partial charge in [-0.05, 0) is 37.6 Å². The van der Waals surface area contributed by atoms with Gasteiger partial charge in [0.1, 0.15) is 5.52 Å². The monoisotopic (exact) mass is 266 g/mol. The summed E-state index contributed by atoms with van der Waals surface area (Å²) in [5.74, 6) is 0. The molecule has 4 heteroatoms. The zero-order valence-corrected chi connectivity index (χ0v) is 11.5. The number of anilines is 1. The zero-order valence-electron chi connectivity index (χ0n) is 11.5. The molecular formula is C16H18N4. The topological polar surface area (TPSA) is 42.7 Å². The van der Waals surface area contributed by atoms with E-state index in [2.05, 4.69) is 40.8 Å². The van der Waals surface area contributed by atoms with Gasteiger partial charge in [-0.2, -0.15) is 0 Å². The predicted octanol–water partition coefficient (Wildman–Crippen LogP) is 3.49. The Morgan fingerprint density at radius 1 is 1.05 bits per heavy atom. The van der Waals surface area contributed by atoms with Crippen LogP contribution in [0.5, 0.6) is 0 Å². The minimum absolute atomic E-state index is 0.318. The number of rotatable bonds is 5. The summed E-state index contributed by atoms with van der Waals surface area (Å²) in [5, 5.41) is 11.9. The van der Waals surface area contributed by atoms with E-state index in [4.69, 9.17) is 0 Å². The smallest absolute Gasteiger partial charge is 0.113 e. The van der Waals surface area contributed by atoms with E-state index in [1.54, 1.807) is 0 Å². The zero-order chi connectivity index (χ0) is 13.8. The van der Waals surface area contributed by atoms with Crippen LogP contribution in [0.1, 0.15) is 19.4 Å². The number of para-hydroxylation sites is 2. The van der Waals surface area contributed by atoms with Gasteiger partial charge in [0.2, 0.25) is 0 Å². The number of benzene rings is 2. The van der Waals surface area contributed by atoms with Gasteiger partial charge in [0.25, 0.3) is 0 Å². The number of hydrogen-bond acceptors (Lipinski definition) is 3. The van der Waals surface area contributed by atoms with Crippen LogP contribution >= 0.6 is 0 Å². The number of nitrogens with one attached hydrogen (secondary N) is 1. The van der Waals surface area contributed by atoms with Gasteiger partial charge in [0, 0.05) is 12.2 Å². The molecule has 0 aliphatic carbocycles. The van der Waals surface area contributed by atoms with Gasteiger partial charge < -0.3 is 5.32 Å². The molecule has 3 aromatic rings. The maximum absolute atomic E-state index is 4.26. The first-order chi connectivity index (χ1) is 9.84. The molecular weight excluding hydrogens is 248 g/mol. The number of fused-ring (bicyclic) bond motifs is 1. The van der Waals surface area contributed by atoms with Crippen LogP contribution in [0, 0.1) is 0 Å². The summed E-state index contributed by atoms with van der Waals surface area (Å²) in [6.07, 6.45) is 1.00. The molecule has 20 heavy (non-hydrogen) atoms. The molecule has 0 bridgehead atoms. The van der Waals surface area contributed by atoms with Gasteiger partial charge in [-0.25, -0.2) is 4.68 Å². The Balaban J connectivity index is 1.63. The summed E-state index contributed by atoms with van der Waals surface area (Å²) in [7, 11) is 0. The second-order valence-electron chi connectivity index (χ2n) is 4.95. The summed E-state index contributed by atoms with van der Waals surface area (Å²) in [5.41, 5.74) is 3.21. The molecule has 1 N–H and O–H groups in total. The molecule has 0 saturated heterocycles. The summed E-state index contributed by atoms with van der Waals surface area (Å²) in [4.78, 5) is 0. The van der Waals surface area contributed by atoms with Crippen LogP contribution in [0.4, 0.5) is 5.69 Å². The summed E-state index contributed by atoms with van der Waals surface area (Å²) < 4.78 is 2.00. The van der Waals surface area contributed by atoms with Crippen molar-refractivity contribution in [1.82, 2.24) is 15.0 Å². The third kappa shape index (κ3) is 2.64. The standard InChI is InChI=1S/C16H18N4/c1-13(11-12-17-14-7-3-2-4-8-14)20-16-10-6-5-9-15(16)18-19-20/h2-10,13,17H,11-12H2,1H3. The van der Waals surface area contributed by atoms with Crippen molar-refractivity contribution < 1.29 is 0 Å². The van der Waals surface area contributed by atoms with Crippen molar-refractivity contribution in [1.29, 1.82) is 0 Å². The highest BCUT2D eigenvalue weighted by Gasteiger charge is 2.10.